The summed E-state index contributed by atoms with van der Waals surface area (Å²) >= 11 is 0. The lowest BCUT2D eigenvalue weighted by Gasteiger charge is -2.16. The molecule has 1 unspecified atom stereocenters. The van der Waals surface area contributed by atoms with Crippen molar-refractivity contribution in [1.29, 1.82) is 5.41 Å². The van der Waals surface area contributed by atoms with Crippen molar-refractivity contribution in [2.45, 2.75) is 19.6 Å². The summed E-state index contributed by atoms with van der Waals surface area (Å²) in [7, 11) is 2.68. The van der Waals surface area contributed by atoms with Gasteiger partial charge in [-0.15, -0.1) is 0 Å². The average molecular weight is 369 g/mol. The summed E-state index contributed by atoms with van der Waals surface area (Å²) in [5.41, 5.74) is 2.57. The van der Waals surface area contributed by atoms with E-state index in [1.807, 2.05) is 49.4 Å². The Morgan fingerprint density at radius 3 is 2.52 bits per heavy atom. The van der Waals surface area contributed by atoms with Gasteiger partial charge < -0.3 is 24.4 Å². The van der Waals surface area contributed by atoms with E-state index in [0.717, 1.165) is 16.7 Å². The fraction of sp³-hybridized carbons (Fsp3) is 0.238. The standard InChI is InChI=1S/C21H23NO5/c1-15-9-10-17(11-18(15)27-20(14-24-2)21(23)25-3)19(12-22)26-13-16-7-5-4-6-8-16/h4-12,14,19,22H,13H2,1-3H3/b20-14+,22-12?. The Morgan fingerprint density at radius 2 is 1.89 bits per heavy atom. The van der Waals surface area contributed by atoms with E-state index in [4.69, 9.17) is 24.4 Å². The van der Waals surface area contributed by atoms with Crippen molar-refractivity contribution in [3.63, 3.8) is 0 Å². The predicted molar refractivity (Wildman–Crippen MR) is 102 cm³/mol. The molecule has 0 aliphatic carbocycles. The molecule has 1 atom stereocenters. The lowest BCUT2D eigenvalue weighted by atomic mass is 10.1. The minimum Gasteiger partial charge on any atom is -0.500 e. The number of aryl methyl sites for hydroxylation is 1. The number of hydrogen-bond acceptors (Lipinski definition) is 6. The van der Waals surface area contributed by atoms with E-state index in [-0.39, 0.29) is 5.76 Å². The van der Waals surface area contributed by atoms with Crippen molar-refractivity contribution >= 4 is 12.2 Å². The zero-order valence-electron chi connectivity index (χ0n) is 15.6. The van der Waals surface area contributed by atoms with Crippen LogP contribution in [-0.4, -0.2) is 26.4 Å². The van der Waals surface area contributed by atoms with E-state index in [0.29, 0.717) is 12.4 Å². The van der Waals surface area contributed by atoms with Crippen molar-refractivity contribution in [3.05, 3.63) is 77.2 Å². The highest BCUT2D eigenvalue weighted by molar-refractivity contribution is 5.86. The molecule has 0 radical (unpaired) electrons. The minimum atomic E-state index is -0.648. The molecular weight excluding hydrogens is 346 g/mol. The lowest BCUT2D eigenvalue weighted by molar-refractivity contribution is -0.138. The average Bonchev–Trinajstić information content (AvgIpc) is 2.70. The molecule has 0 fully saturated rings. The fourth-order valence-corrected chi connectivity index (χ4v) is 2.34. The van der Waals surface area contributed by atoms with Crippen LogP contribution in [0.5, 0.6) is 5.75 Å². The summed E-state index contributed by atoms with van der Waals surface area (Å²) in [6.45, 7) is 2.23. The van der Waals surface area contributed by atoms with E-state index < -0.39 is 12.1 Å². The van der Waals surface area contributed by atoms with E-state index in [1.54, 1.807) is 6.07 Å². The molecule has 142 valence electrons. The Morgan fingerprint density at radius 1 is 1.15 bits per heavy atom. The van der Waals surface area contributed by atoms with Gasteiger partial charge in [-0.2, -0.15) is 0 Å². The molecule has 0 aromatic heterocycles. The van der Waals surface area contributed by atoms with Crippen LogP contribution in [0.4, 0.5) is 0 Å². The topological polar surface area (TPSA) is 77.8 Å². The van der Waals surface area contributed by atoms with Crippen molar-refractivity contribution < 1.29 is 23.7 Å². The third kappa shape index (κ3) is 5.69. The largest absolute Gasteiger partial charge is 0.500 e. The second kappa shape index (κ2) is 10.1. The normalized spacial score (nSPS) is 12.2. The molecule has 0 saturated heterocycles. The maximum Gasteiger partial charge on any atom is 0.377 e. The molecule has 0 bridgehead atoms. The van der Waals surface area contributed by atoms with Crippen LogP contribution in [0.1, 0.15) is 22.8 Å². The van der Waals surface area contributed by atoms with Crippen LogP contribution < -0.4 is 4.74 Å². The Balaban J connectivity index is 2.19. The van der Waals surface area contributed by atoms with Crippen LogP contribution in [0.2, 0.25) is 0 Å². The third-order valence-electron chi connectivity index (χ3n) is 3.80. The first kappa shape index (κ1) is 20.2. The molecule has 0 saturated carbocycles. The molecule has 6 nitrogen and oxygen atoms in total. The van der Waals surface area contributed by atoms with Crippen LogP contribution in [0.3, 0.4) is 0 Å². The Labute approximate surface area is 158 Å². The van der Waals surface area contributed by atoms with Crippen LogP contribution in [0, 0.1) is 12.3 Å². The molecule has 1 N–H and O–H groups in total. The molecule has 0 heterocycles. The smallest absolute Gasteiger partial charge is 0.377 e. The van der Waals surface area contributed by atoms with Crippen LogP contribution in [0.15, 0.2) is 60.6 Å². The monoisotopic (exact) mass is 369 g/mol. The maximum absolute atomic E-state index is 11.8. The highest BCUT2D eigenvalue weighted by Gasteiger charge is 2.17. The molecule has 0 aliphatic heterocycles. The van der Waals surface area contributed by atoms with Crippen LogP contribution in [-0.2, 0) is 25.6 Å². The lowest BCUT2D eigenvalue weighted by Crippen LogP contribution is -2.12. The van der Waals surface area contributed by atoms with E-state index in [9.17, 15) is 4.79 Å². The summed E-state index contributed by atoms with van der Waals surface area (Å²) < 4.78 is 21.1. The van der Waals surface area contributed by atoms with E-state index in [1.165, 1.54) is 26.7 Å². The van der Waals surface area contributed by atoms with Crippen molar-refractivity contribution in [2.24, 2.45) is 0 Å². The molecule has 6 heteroatoms. The summed E-state index contributed by atoms with van der Waals surface area (Å²) in [5, 5.41) is 7.70. The number of methoxy groups -OCH3 is 2. The summed E-state index contributed by atoms with van der Waals surface area (Å²) in [4.78, 5) is 11.8. The minimum absolute atomic E-state index is 0.0724. The van der Waals surface area contributed by atoms with Gasteiger partial charge in [-0.1, -0.05) is 42.5 Å². The number of rotatable bonds is 9. The van der Waals surface area contributed by atoms with Gasteiger partial charge in [-0.05, 0) is 29.7 Å². The first-order chi connectivity index (χ1) is 13.1. The molecule has 0 aliphatic rings. The number of nitrogens with one attached hydrogen (secondary N) is 1. The molecule has 0 spiro atoms. The maximum atomic E-state index is 11.8. The summed E-state index contributed by atoms with van der Waals surface area (Å²) in [6.07, 6.45) is 1.86. The number of benzene rings is 2. The quantitative estimate of drug-likeness (QED) is 0.313. The van der Waals surface area contributed by atoms with Crippen LogP contribution >= 0.6 is 0 Å². The molecule has 27 heavy (non-hydrogen) atoms. The number of esters is 1. The zero-order chi connectivity index (χ0) is 19.6. The van der Waals surface area contributed by atoms with Gasteiger partial charge >= 0.3 is 5.97 Å². The molecule has 2 rings (SSSR count). The van der Waals surface area contributed by atoms with Gasteiger partial charge in [-0.3, -0.25) is 0 Å². The van der Waals surface area contributed by atoms with Crippen LogP contribution in [0.25, 0.3) is 0 Å². The second-order valence-corrected chi connectivity index (χ2v) is 5.72. The van der Waals surface area contributed by atoms with Crippen molar-refractivity contribution in [3.8, 4) is 5.75 Å². The second-order valence-electron chi connectivity index (χ2n) is 5.72. The number of carbonyl (C=O) groups excluding carboxylic acids is 1. The predicted octanol–water partition coefficient (Wildman–Crippen LogP) is 3.94. The Kier molecular flexibility index (Phi) is 7.58. The zero-order valence-corrected chi connectivity index (χ0v) is 15.6. The van der Waals surface area contributed by atoms with Gasteiger partial charge in [0, 0.05) is 6.21 Å². The fourth-order valence-electron chi connectivity index (χ4n) is 2.34. The summed E-state index contributed by atoms with van der Waals surface area (Å²) in [6, 6.07) is 15.2. The van der Waals surface area contributed by atoms with Gasteiger partial charge in [0.15, 0.2) is 0 Å². The number of carbonyl (C=O) groups is 1. The van der Waals surface area contributed by atoms with Gasteiger partial charge in [0.05, 0.1) is 20.8 Å². The van der Waals surface area contributed by atoms with Gasteiger partial charge in [0.25, 0.3) is 0 Å². The van der Waals surface area contributed by atoms with E-state index in [2.05, 4.69) is 0 Å². The Hall–Kier alpha value is -3.12. The molecule has 2 aromatic carbocycles. The SMILES string of the molecule is CO/C=C(/Oc1cc(C(C=N)OCc2ccccc2)ccc1C)C(=O)OC. The van der Waals surface area contributed by atoms with E-state index >= 15 is 0 Å². The van der Waals surface area contributed by atoms with Crippen molar-refractivity contribution in [2.75, 3.05) is 14.2 Å². The first-order valence-corrected chi connectivity index (χ1v) is 8.34. The Bertz CT molecular complexity index is 801. The summed E-state index contributed by atoms with van der Waals surface area (Å²) in [5.74, 6) is -0.265. The number of ether oxygens (including phenoxy) is 4. The highest BCUT2D eigenvalue weighted by Crippen LogP contribution is 2.27. The molecule has 2 aromatic rings. The van der Waals surface area contributed by atoms with Gasteiger partial charge in [0.2, 0.25) is 5.76 Å². The molecule has 0 amide bonds. The van der Waals surface area contributed by atoms with Crippen molar-refractivity contribution in [1.82, 2.24) is 0 Å². The highest BCUT2D eigenvalue weighted by atomic mass is 16.6. The molecular formula is C21H23NO5. The van der Waals surface area contributed by atoms with Gasteiger partial charge in [0.1, 0.15) is 18.1 Å². The third-order valence-corrected chi connectivity index (χ3v) is 3.80. The number of hydrogen-bond donors (Lipinski definition) is 1. The first-order valence-electron chi connectivity index (χ1n) is 8.34. The van der Waals surface area contributed by atoms with Gasteiger partial charge in [-0.25, -0.2) is 4.79 Å².